The molecule has 0 spiro atoms. The van der Waals surface area contributed by atoms with Crippen LogP contribution in [0.2, 0.25) is 0 Å². The number of carbonyl (C=O) groups excluding carboxylic acids is 4. The molecule has 0 saturated carbocycles. The van der Waals surface area contributed by atoms with Crippen LogP contribution in [0.4, 0.5) is 22.7 Å². The third-order valence-electron chi connectivity index (χ3n) is 6.61. The normalized spacial score (nSPS) is 12.3. The number of rotatable bonds is 8. The van der Waals surface area contributed by atoms with E-state index in [1.807, 2.05) is 12.1 Å². The first kappa shape index (κ1) is 27.8. The van der Waals surface area contributed by atoms with Crippen LogP contribution in [-0.4, -0.2) is 23.6 Å². The maximum absolute atomic E-state index is 12.8. The molecule has 8 heteroatoms. The lowest BCUT2D eigenvalue weighted by Gasteiger charge is -2.15. The summed E-state index contributed by atoms with van der Waals surface area (Å²) in [7, 11) is 0. The summed E-state index contributed by atoms with van der Waals surface area (Å²) in [5.74, 6) is -0.925. The van der Waals surface area contributed by atoms with Crippen LogP contribution in [-0.2, 0) is 9.59 Å². The Morgan fingerprint density at radius 2 is 0.690 bits per heavy atom. The van der Waals surface area contributed by atoms with Crippen molar-refractivity contribution >= 4 is 46.4 Å². The Bertz CT molecular complexity index is 1550. The van der Waals surface area contributed by atoms with Gasteiger partial charge in [0.2, 0.25) is 0 Å². The summed E-state index contributed by atoms with van der Waals surface area (Å²) in [6, 6.07) is 31.6. The molecule has 8 nitrogen and oxygen atoms in total. The van der Waals surface area contributed by atoms with Gasteiger partial charge >= 0.3 is 0 Å². The monoisotopic (exact) mass is 564 g/mol. The van der Waals surface area contributed by atoms with E-state index in [0.29, 0.717) is 57.9 Å². The Morgan fingerprint density at radius 3 is 0.976 bits per heavy atom. The molecule has 0 aliphatic heterocycles. The Balaban J connectivity index is 0.00000264. The van der Waals surface area contributed by atoms with Crippen molar-refractivity contribution in [2.45, 2.75) is 12.8 Å². The summed E-state index contributed by atoms with van der Waals surface area (Å²) < 4.78 is 0. The van der Waals surface area contributed by atoms with Gasteiger partial charge in [0.25, 0.3) is 23.6 Å². The average Bonchev–Trinajstić information content (AvgIpc) is 3.03. The first-order valence-corrected chi connectivity index (χ1v) is 13.4. The van der Waals surface area contributed by atoms with Gasteiger partial charge in [-0.25, -0.2) is 0 Å². The minimum absolute atomic E-state index is 0. The number of hydrogen-bond donors (Lipinski definition) is 4. The second-order valence-electron chi connectivity index (χ2n) is 9.59. The zero-order valence-electron chi connectivity index (χ0n) is 22.6. The predicted octanol–water partition coefficient (Wildman–Crippen LogP) is 7.40. The van der Waals surface area contributed by atoms with E-state index >= 15 is 0 Å². The highest BCUT2D eigenvalue weighted by Crippen LogP contribution is 2.23. The van der Waals surface area contributed by atoms with Gasteiger partial charge in [-0.1, -0.05) is 48.6 Å². The molecule has 1 aliphatic rings. The lowest BCUT2D eigenvalue weighted by atomic mass is 9.97. The Kier molecular flexibility index (Phi) is 8.64. The number of anilines is 4. The van der Waals surface area contributed by atoms with Crippen molar-refractivity contribution in [3.63, 3.8) is 0 Å². The number of allylic oxidation sites excluding steroid dienone is 2. The van der Waals surface area contributed by atoms with Crippen molar-refractivity contribution < 1.29 is 24.9 Å². The molecule has 0 unspecified atom stereocenters. The Morgan fingerprint density at radius 1 is 0.405 bits per heavy atom. The molecule has 0 aromatic heterocycles. The van der Waals surface area contributed by atoms with Crippen LogP contribution in [0, 0.1) is 0 Å². The number of hydrogen-bond acceptors (Lipinski definition) is 4. The molecule has 1 aliphatic carbocycles. The molecule has 4 N–H and O–H groups in total. The summed E-state index contributed by atoms with van der Waals surface area (Å²) in [5.41, 5.74) is 4.65. The summed E-state index contributed by atoms with van der Waals surface area (Å²) >= 11 is 0. The van der Waals surface area contributed by atoms with Crippen molar-refractivity contribution in [2.24, 2.45) is 0 Å². The second-order valence-corrected chi connectivity index (χ2v) is 9.59. The first-order chi connectivity index (χ1) is 20.4. The van der Waals surface area contributed by atoms with Crippen molar-refractivity contribution in [3.8, 4) is 0 Å². The molecule has 4 aromatic carbocycles. The van der Waals surface area contributed by atoms with Gasteiger partial charge in [-0.15, -0.1) is 0 Å². The van der Waals surface area contributed by atoms with Crippen LogP contribution in [0.3, 0.4) is 0 Å². The average molecular weight is 565 g/mol. The third-order valence-corrected chi connectivity index (χ3v) is 6.61. The molecule has 0 saturated heterocycles. The number of nitrogens with one attached hydrogen (secondary N) is 4. The van der Waals surface area contributed by atoms with Crippen molar-refractivity contribution in [3.05, 3.63) is 144 Å². The van der Waals surface area contributed by atoms with E-state index in [1.165, 1.54) is 0 Å². The number of carbonyl (C=O) groups is 4. The van der Waals surface area contributed by atoms with E-state index in [0.717, 1.165) is 0 Å². The van der Waals surface area contributed by atoms with Crippen LogP contribution in [0.15, 0.2) is 132 Å². The summed E-state index contributed by atoms with van der Waals surface area (Å²) in [6.07, 6.45) is 4.15. The Hall–Kier alpha value is -5.76. The van der Waals surface area contributed by atoms with Gasteiger partial charge in [-0.05, 0) is 85.6 Å². The third kappa shape index (κ3) is 7.25. The minimum Gasteiger partial charge on any atom is -0.322 e. The second kappa shape index (κ2) is 13.1. The first-order valence-electron chi connectivity index (χ1n) is 13.4. The highest BCUT2D eigenvalue weighted by atomic mass is 16.2. The molecule has 0 radical (unpaired) electrons. The van der Waals surface area contributed by atoms with Gasteiger partial charge < -0.3 is 21.3 Å². The fourth-order valence-electron chi connectivity index (χ4n) is 4.30. The SMILES string of the molecule is O=C(Nc1ccc(NC(=O)c2ccccc2)cc1)C1=CC=C(C(=O)Nc2ccc(NC(=O)c3ccccc3)cc2)CC1.[HH].[HH].[HH].[HH]. The van der Waals surface area contributed by atoms with Gasteiger partial charge in [0.1, 0.15) is 0 Å². The smallest absolute Gasteiger partial charge is 0.255 e. The zero-order chi connectivity index (χ0) is 29.3. The minimum atomic E-state index is -0.250. The van der Waals surface area contributed by atoms with Crippen LogP contribution in [0.5, 0.6) is 0 Å². The molecule has 0 fully saturated rings. The van der Waals surface area contributed by atoms with Gasteiger partial charge in [-0.3, -0.25) is 19.2 Å². The molecule has 42 heavy (non-hydrogen) atoms. The van der Waals surface area contributed by atoms with Crippen LogP contribution >= 0.6 is 0 Å². The van der Waals surface area contributed by atoms with Gasteiger partial charge in [0, 0.05) is 50.7 Å². The van der Waals surface area contributed by atoms with E-state index in [2.05, 4.69) is 21.3 Å². The molecule has 4 amide bonds. The van der Waals surface area contributed by atoms with Crippen LogP contribution in [0.1, 0.15) is 39.3 Å². The highest BCUT2D eigenvalue weighted by Gasteiger charge is 2.18. The van der Waals surface area contributed by atoms with E-state index in [-0.39, 0.29) is 29.3 Å². The highest BCUT2D eigenvalue weighted by molar-refractivity contribution is 6.08. The topological polar surface area (TPSA) is 116 Å². The number of amides is 4. The molecule has 0 atom stereocenters. The van der Waals surface area contributed by atoms with E-state index in [4.69, 9.17) is 0 Å². The largest absolute Gasteiger partial charge is 0.322 e. The van der Waals surface area contributed by atoms with Crippen molar-refractivity contribution in [1.82, 2.24) is 0 Å². The molecular formula is C34H36N4O4. The molecule has 5 rings (SSSR count). The summed E-state index contributed by atoms with van der Waals surface area (Å²) in [5, 5.41) is 11.4. The zero-order valence-corrected chi connectivity index (χ0v) is 22.6. The molecule has 0 heterocycles. The number of benzene rings is 4. The lowest BCUT2D eigenvalue weighted by Crippen LogP contribution is -2.19. The molecule has 216 valence electrons. The summed E-state index contributed by atoms with van der Waals surface area (Å²) in [6.45, 7) is 0. The van der Waals surface area contributed by atoms with Gasteiger partial charge in [0.15, 0.2) is 0 Å². The molecule has 0 bridgehead atoms. The maximum atomic E-state index is 12.8. The fraction of sp³-hybridized carbons (Fsp3) is 0.0588. The lowest BCUT2D eigenvalue weighted by molar-refractivity contribution is -0.114. The van der Waals surface area contributed by atoms with Crippen molar-refractivity contribution in [2.75, 3.05) is 21.3 Å². The molecule has 4 aromatic rings. The van der Waals surface area contributed by atoms with Crippen molar-refractivity contribution in [1.29, 1.82) is 0 Å². The fourth-order valence-corrected chi connectivity index (χ4v) is 4.30. The van der Waals surface area contributed by atoms with E-state index in [1.54, 1.807) is 109 Å². The predicted molar refractivity (Wildman–Crippen MR) is 173 cm³/mol. The summed E-state index contributed by atoms with van der Waals surface area (Å²) in [4.78, 5) is 50.2. The van der Waals surface area contributed by atoms with Crippen LogP contribution in [0.25, 0.3) is 0 Å². The maximum Gasteiger partial charge on any atom is 0.255 e. The standard InChI is InChI=1S/C34H28N4O4.4H2/c39-31(23-7-3-1-4-8-23)35-27-15-19-29(20-16-27)37-33(41)25-11-13-26(14-12-25)34(42)38-30-21-17-28(18-22-30)36-32(40)24-9-5-2-6-10-24;;;;/h1-11,13,15-22H,12,14H2,(H,35,39)(H,36,40)(H,37,41)(H,38,42);4*1H. The van der Waals surface area contributed by atoms with Gasteiger partial charge in [-0.2, -0.15) is 0 Å². The van der Waals surface area contributed by atoms with Crippen LogP contribution < -0.4 is 21.3 Å². The van der Waals surface area contributed by atoms with E-state index in [9.17, 15) is 19.2 Å². The van der Waals surface area contributed by atoms with Gasteiger partial charge in [0.05, 0.1) is 0 Å². The van der Waals surface area contributed by atoms with E-state index < -0.39 is 0 Å². The Labute approximate surface area is 249 Å². The molecular weight excluding hydrogens is 528 g/mol. The quantitative estimate of drug-likeness (QED) is 0.178.